The van der Waals surface area contributed by atoms with Crippen LogP contribution >= 0.6 is 0 Å². The van der Waals surface area contributed by atoms with E-state index < -0.39 is 6.36 Å². The van der Waals surface area contributed by atoms with Crippen LogP contribution in [0.2, 0.25) is 0 Å². The highest BCUT2D eigenvalue weighted by Crippen LogP contribution is 2.25. The van der Waals surface area contributed by atoms with Gasteiger partial charge in [0, 0.05) is 18.7 Å². The van der Waals surface area contributed by atoms with Gasteiger partial charge in [0.25, 0.3) is 0 Å². The van der Waals surface area contributed by atoms with E-state index in [-0.39, 0.29) is 17.2 Å². The number of ether oxygens (including phenoxy) is 1. The van der Waals surface area contributed by atoms with E-state index in [0.717, 1.165) is 10.4 Å². The van der Waals surface area contributed by atoms with Gasteiger partial charge >= 0.3 is 12.4 Å². The molecule has 0 spiro atoms. The summed E-state index contributed by atoms with van der Waals surface area (Å²) in [5.74, 6) is -0.331. The number of aromatic nitrogens is 3. The van der Waals surface area contributed by atoms with Crippen LogP contribution in [0.1, 0.15) is 26.3 Å². The number of benzene rings is 2. The molecule has 9 heteroatoms. The maximum absolute atomic E-state index is 13.1. The molecule has 1 aromatic heterocycles. The summed E-state index contributed by atoms with van der Waals surface area (Å²) in [5, 5.41) is 8.33. The van der Waals surface area contributed by atoms with Crippen LogP contribution in [0.5, 0.6) is 5.75 Å². The quantitative estimate of drug-likeness (QED) is 0.509. The highest BCUT2D eigenvalue weighted by Gasteiger charge is 2.31. The van der Waals surface area contributed by atoms with Crippen molar-refractivity contribution in [1.82, 2.24) is 19.9 Å². The van der Waals surface area contributed by atoms with Gasteiger partial charge in [0.1, 0.15) is 11.4 Å². The molecule has 0 saturated carbocycles. The van der Waals surface area contributed by atoms with Gasteiger partial charge in [-0.25, -0.2) is 4.79 Å². The van der Waals surface area contributed by atoms with Gasteiger partial charge in [0.05, 0.1) is 6.20 Å². The third-order valence-corrected chi connectivity index (χ3v) is 4.50. The maximum atomic E-state index is 13.1. The molecule has 0 saturated heterocycles. The number of alkyl halides is 3. The van der Waals surface area contributed by atoms with Crippen molar-refractivity contribution in [1.29, 1.82) is 0 Å². The lowest BCUT2D eigenvalue weighted by Gasteiger charge is -2.29. The van der Waals surface area contributed by atoms with Gasteiger partial charge in [-0.3, -0.25) is 0 Å². The van der Waals surface area contributed by atoms with Crippen molar-refractivity contribution in [3.8, 4) is 17.0 Å². The van der Waals surface area contributed by atoms with Crippen molar-refractivity contribution in [2.45, 2.75) is 33.6 Å². The fourth-order valence-electron chi connectivity index (χ4n) is 3.17. The second-order valence-electron chi connectivity index (χ2n) is 8.59. The number of carbonyl (C=O) groups is 1. The van der Waals surface area contributed by atoms with Crippen molar-refractivity contribution < 1.29 is 22.7 Å². The monoisotopic (exact) mass is 446 g/mol. The summed E-state index contributed by atoms with van der Waals surface area (Å²) in [6.07, 6.45) is -2.66. The molecule has 2 aromatic carbocycles. The topological polar surface area (TPSA) is 60.2 Å². The van der Waals surface area contributed by atoms with E-state index >= 15 is 0 Å². The van der Waals surface area contributed by atoms with E-state index in [1.54, 1.807) is 4.90 Å². The van der Waals surface area contributed by atoms with Crippen LogP contribution in [-0.2, 0) is 6.42 Å². The Bertz CT molecular complexity index is 1030. The lowest BCUT2D eigenvalue weighted by molar-refractivity contribution is -0.274. The molecule has 0 aliphatic heterocycles. The number of hydrogen-bond donors (Lipinski definition) is 0. The molecule has 0 radical (unpaired) electrons. The summed E-state index contributed by atoms with van der Waals surface area (Å²) in [6, 6.07) is 14.8. The largest absolute Gasteiger partial charge is 0.573 e. The van der Waals surface area contributed by atoms with Crippen LogP contribution < -0.4 is 4.74 Å². The lowest BCUT2D eigenvalue weighted by Crippen LogP contribution is -2.42. The Hall–Kier alpha value is -3.36. The minimum atomic E-state index is -4.76. The first-order chi connectivity index (χ1) is 15.0. The van der Waals surface area contributed by atoms with E-state index in [1.807, 2.05) is 51.1 Å². The Morgan fingerprint density at radius 1 is 1.03 bits per heavy atom. The molecule has 170 valence electrons. The Morgan fingerprint density at radius 2 is 1.69 bits per heavy atom. The zero-order valence-electron chi connectivity index (χ0n) is 18.1. The molecule has 0 aliphatic carbocycles. The summed E-state index contributed by atoms with van der Waals surface area (Å²) in [6.45, 7) is 7.15. The van der Waals surface area contributed by atoms with Gasteiger partial charge in [-0.1, -0.05) is 55.9 Å². The molecular formula is C23H25F3N4O2. The first-order valence-corrected chi connectivity index (χ1v) is 10.1. The highest BCUT2D eigenvalue weighted by atomic mass is 19.4. The van der Waals surface area contributed by atoms with Crippen LogP contribution in [0, 0.1) is 5.41 Å². The first-order valence-electron chi connectivity index (χ1n) is 10.1. The zero-order valence-corrected chi connectivity index (χ0v) is 18.1. The minimum absolute atomic E-state index is 0.128. The smallest absolute Gasteiger partial charge is 0.406 e. The predicted octanol–water partition coefficient (Wildman–Crippen LogP) is 5.40. The van der Waals surface area contributed by atoms with E-state index in [9.17, 15) is 18.0 Å². The maximum Gasteiger partial charge on any atom is 0.573 e. The van der Waals surface area contributed by atoms with Gasteiger partial charge < -0.3 is 9.64 Å². The number of carbonyl (C=O) groups excluding carboxylic acids is 1. The van der Waals surface area contributed by atoms with Gasteiger partial charge in [-0.05, 0) is 41.7 Å². The molecule has 0 aliphatic rings. The summed E-state index contributed by atoms with van der Waals surface area (Å²) < 4.78 is 40.9. The van der Waals surface area contributed by atoms with Crippen LogP contribution in [0.3, 0.4) is 0 Å². The van der Waals surface area contributed by atoms with E-state index in [4.69, 9.17) is 0 Å². The average molecular weight is 446 g/mol. The van der Waals surface area contributed by atoms with Gasteiger partial charge in [-0.15, -0.1) is 18.3 Å². The second kappa shape index (κ2) is 9.42. The summed E-state index contributed by atoms with van der Waals surface area (Å²) in [5.41, 5.74) is 1.88. The molecule has 1 heterocycles. The Kier molecular flexibility index (Phi) is 6.86. The number of halogens is 3. The Morgan fingerprint density at radius 3 is 2.28 bits per heavy atom. The van der Waals surface area contributed by atoms with Gasteiger partial charge in [0.2, 0.25) is 0 Å². The second-order valence-corrected chi connectivity index (χ2v) is 8.59. The lowest BCUT2D eigenvalue weighted by atomic mass is 9.96. The molecule has 3 rings (SSSR count). The fraction of sp³-hybridized carbons (Fsp3) is 0.348. The van der Waals surface area contributed by atoms with E-state index in [0.29, 0.717) is 30.8 Å². The molecule has 0 N–H and O–H groups in total. The van der Waals surface area contributed by atoms with Crippen LogP contribution in [-0.4, -0.2) is 45.4 Å². The third kappa shape index (κ3) is 6.83. The molecule has 3 aromatic rings. The Labute approximate surface area is 184 Å². The molecule has 6 nitrogen and oxygen atoms in total. The number of hydrogen-bond acceptors (Lipinski definition) is 4. The van der Waals surface area contributed by atoms with E-state index in [2.05, 4.69) is 14.9 Å². The third-order valence-electron chi connectivity index (χ3n) is 4.50. The predicted molar refractivity (Wildman–Crippen MR) is 114 cm³/mol. The number of amides is 1. The Balaban J connectivity index is 1.74. The molecule has 32 heavy (non-hydrogen) atoms. The van der Waals surface area contributed by atoms with Crippen LogP contribution in [0.25, 0.3) is 11.3 Å². The summed E-state index contributed by atoms with van der Waals surface area (Å²) in [4.78, 5) is 15.8. The van der Waals surface area contributed by atoms with Crippen molar-refractivity contribution in [3.05, 3.63) is 66.4 Å². The molecule has 0 atom stereocenters. The molecule has 0 fully saturated rings. The fourth-order valence-corrected chi connectivity index (χ4v) is 3.17. The number of rotatable bonds is 6. The van der Waals surface area contributed by atoms with Crippen LogP contribution in [0.15, 0.2) is 60.8 Å². The van der Waals surface area contributed by atoms with Crippen molar-refractivity contribution in [2.75, 3.05) is 13.1 Å². The molecule has 1 amide bonds. The van der Waals surface area contributed by atoms with Crippen molar-refractivity contribution in [2.24, 2.45) is 5.41 Å². The minimum Gasteiger partial charge on any atom is -0.406 e. The van der Waals surface area contributed by atoms with Crippen molar-refractivity contribution in [3.63, 3.8) is 0 Å². The summed E-state index contributed by atoms with van der Waals surface area (Å²) in [7, 11) is 0. The van der Waals surface area contributed by atoms with Crippen LogP contribution in [0.4, 0.5) is 18.0 Å². The first kappa shape index (κ1) is 23.3. The molecular weight excluding hydrogens is 421 g/mol. The van der Waals surface area contributed by atoms with E-state index in [1.165, 1.54) is 30.5 Å². The van der Waals surface area contributed by atoms with Crippen molar-refractivity contribution >= 4 is 6.03 Å². The van der Waals surface area contributed by atoms with Gasteiger partial charge in [-0.2, -0.15) is 5.10 Å². The molecule has 0 unspecified atom stereocenters. The molecule has 0 bridgehead atoms. The van der Waals surface area contributed by atoms with Gasteiger partial charge in [0.15, 0.2) is 0 Å². The normalized spacial score (nSPS) is 11.9. The highest BCUT2D eigenvalue weighted by molar-refractivity contribution is 5.75. The SMILES string of the molecule is CC(C)(C)CN(CCc1ccccc1)C(=O)n1ncc(-c2ccc(OC(F)(F)F)cc2)n1. The number of nitrogens with zero attached hydrogens (tertiary/aromatic N) is 4. The summed E-state index contributed by atoms with van der Waals surface area (Å²) >= 11 is 0. The average Bonchev–Trinajstić information content (AvgIpc) is 3.20. The zero-order chi connectivity index (χ0) is 23.4. The standard InChI is InChI=1S/C23H25F3N4O2/c1-22(2,3)16-29(14-13-17-7-5-4-6-8-17)21(31)30-27-15-20(28-30)18-9-11-19(12-10-18)32-23(24,25)26/h4-12,15H,13-14,16H2,1-3H3.